The average molecular weight is 433 g/mol. The van der Waals surface area contributed by atoms with Crippen LogP contribution in [0.4, 0.5) is 0 Å². The van der Waals surface area contributed by atoms with Gasteiger partial charge in [0, 0.05) is 38.0 Å². The summed E-state index contributed by atoms with van der Waals surface area (Å²) in [6.07, 6.45) is 2.22. The Hall–Kier alpha value is -3.48. The van der Waals surface area contributed by atoms with Crippen LogP contribution < -0.4 is 5.56 Å². The highest BCUT2D eigenvalue weighted by Gasteiger charge is 2.24. The van der Waals surface area contributed by atoms with E-state index in [0.717, 1.165) is 23.9 Å². The minimum absolute atomic E-state index is 0.0878. The molecule has 7 heteroatoms. The van der Waals surface area contributed by atoms with Crippen molar-refractivity contribution in [1.29, 1.82) is 0 Å². The van der Waals surface area contributed by atoms with Gasteiger partial charge in [0.05, 0.1) is 11.1 Å². The Labute approximate surface area is 187 Å². The molecule has 1 fully saturated rings. The summed E-state index contributed by atoms with van der Waals surface area (Å²) in [5, 5.41) is 5.70. The molecule has 1 aliphatic rings. The van der Waals surface area contributed by atoms with E-state index in [1.165, 1.54) is 10.2 Å². The maximum absolute atomic E-state index is 12.8. The van der Waals surface area contributed by atoms with E-state index >= 15 is 0 Å². The van der Waals surface area contributed by atoms with E-state index in [0.29, 0.717) is 38.0 Å². The zero-order chi connectivity index (χ0) is 22.5. The van der Waals surface area contributed by atoms with E-state index in [-0.39, 0.29) is 23.9 Å². The van der Waals surface area contributed by atoms with Crippen LogP contribution in [0.3, 0.4) is 0 Å². The predicted molar refractivity (Wildman–Crippen MR) is 123 cm³/mol. The van der Waals surface area contributed by atoms with Crippen molar-refractivity contribution in [3.05, 3.63) is 76.2 Å². The predicted octanol–water partition coefficient (Wildman–Crippen LogP) is 2.40. The van der Waals surface area contributed by atoms with Crippen molar-refractivity contribution in [2.24, 2.45) is 0 Å². The highest BCUT2D eigenvalue weighted by molar-refractivity contribution is 5.84. The fourth-order valence-electron chi connectivity index (χ4n) is 4.19. The molecule has 0 saturated carbocycles. The van der Waals surface area contributed by atoms with E-state index in [4.69, 9.17) is 0 Å². The maximum atomic E-state index is 12.8. The van der Waals surface area contributed by atoms with Crippen LogP contribution in [0.2, 0.25) is 0 Å². The summed E-state index contributed by atoms with van der Waals surface area (Å²) in [5.74, 6) is -0.0125. The molecule has 1 saturated heterocycles. The first kappa shape index (κ1) is 21.7. The molecule has 166 valence electrons. The summed E-state index contributed by atoms with van der Waals surface area (Å²) in [7, 11) is 0. The van der Waals surface area contributed by atoms with Gasteiger partial charge in [-0.15, -0.1) is 0 Å². The molecule has 1 aliphatic heterocycles. The van der Waals surface area contributed by atoms with Gasteiger partial charge in [-0.2, -0.15) is 5.10 Å². The SMILES string of the molecule is Cc1nn(CC(=O)N2CCN(C(=O)CCCc3ccccc3)CC2)c(=O)c2ccccc12. The number of amides is 2. The minimum Gasteiger partial charge on any atom is -0.339 e. The lowest BCUT2D eigenvalue weighted by Gasteiger charge is -2.35. The smallest absolute Gasteiger partial charge is 0.275 e. The molecule has 0 spiro atoms. The first-order valence-corrected chi connectivity index (χ1v) is 11.1. The third-order valence-electron chi connectivity index (χ3n) is 6.02. The highest BCUT2D eigenvalue weighted by Crippen LogP contribution is 2.13. The number of benzene rings is 2. The summed E-state index contributed by atoms with van der Waals surface area (Å²) in [5.41, 5.74) is 1.70. The number of nitrogens with zero attached hydrogens (tertiary/aromatic N) is 4. The van der Waals surface area contributed by atoms with E-state index in [2.05, 4.69) is 17.2 Å². The Morgan fingerprint density at radius 1 is 0.844 bits per heavy atom. The molecule has 0 radical (unpaired) electrons. The number of carbonyl (C=O) groups is 2. The normalized spacial score (nSPS) is 14.0. The number of hydrogen-bond donors (Lipinski definition) is 0. The number of fused-ring (bicyclic) bond motifs is 1. The Morgan fingerprint density at radius 3 is 2.12 bits per heavy atom. The lowest BCUT2D eigenvalue weighted by Crippen LogP contribution is -2.51. The topological polar surface area (TPSA) is 75.5 Å². The van der Waals surface area contributed by atoms with Crippen molar-refractivity contribution in [3.63, 3.8) is 0 Å². The van der Waals surface area contributed by atoms with Crippen molar-refractivity contribution in [2.75, 3.05) is 26.2 Å². The number of piperazine rings is 1. The monoisotopic (exact) mass is 432 g/mol. The summed E-state index contributed by atoms with van der Waals surface area (Å²) in [4.78, 5) is 41.6. The molecule has 0 N–H and O–H groups in total. The van der Waals surface area contributed by atoms with Crippen LogP contribution in [-0.2, 0) is 22.6 Å². The van der Waals surface area contributed by atoms with Crippen molar-refractivity contribution >= 4 is 22.6 Å². The van der Waals surface area contributed by atoms with E-state index < -0.39 is 0 Å². The highest BCUT2D eigenvalue weighted by atomic mass is 16.2. The maximum Gasteiger partial charge on any atom is 0.275 e. The molecule has 7 nitrogen and oxygen atoms in total. The van der Waals surface area contributed by atoms with Crippen LogP contribution in [-0.4, -0.2) is 57.6 Å². The molecule has 2 heterocycles. The van der Waals surface area contributed by atoms with Crippen LogP contribution in [0, 0.1) is 6.92 Å². The molecular weight excluding hydrogens is 404 g/mol. The van der Waals surface area contributed by atoms with Gasteiger partial charge < -0.3 is 9.80 Å². The molecule has 2 amide bonds. The largest absolute Gasteiger partial charge is 0.339 e. The quantitative estimate of drug-likeness (QED) is 0.600. The summed E-state index contributed by atoms with van der Waals surface area (Å²) >= 11 is 0. The molecule has 0 atom stereocenters. The van der Waals surface area contributed by atoms with E-state index in [1.807, 2.05) is 48.2 Å². The van der Waals surface area contributed by atoms with Gasteiger partial charge in [0.15, 0.2) is 0 Å². The fraction of sp³-hybridized carbons (Fsp3) is 0.360. The average Bonchev–Trinajstić information content (AvgIpc) is 2.83. The molecule has 0 aliphatic carbocycles. The van der Waals surface area contributed by atoms with Crippen molar-refractivity contribution in [2.45, 2.75) is 32.7 Å². The molecular formula is C25H28N4O3. The molecule has 0 bridgehead atoms. The zero-order valence-corrected chi connectivity index (χ0v) is 18.4. The molecule has 0 unspecified atom stereocenters. The molecule has 32 heavy (non-hydrogen) atoms. The third kappa shape index (κ3) is 4.88. The van der Waals surface area contributed by atoms with Crippen LogP contribution in [0.1, 0.15) is 24.1 Å². The van der Waals surface area contributed by atoms with Crippen LogP contribution >= 0.6 is 0 Å². The Morgan fingerprint density at radius 2 is 1.44 bits per heavy atom. The Bertz CT molecular complexity index is 1160. The second-order valence-corrected chi connectivity index (χ2v) is 8.19. The molecule has 3 aromatic rings. The number of aromatic nitrogens is 2. The Balaban J connectivity index is 1.29. The van der Waals surface area contributed by atoms with E-state index in [1.54, 1.807) is 11.0 Å². The summed E-state index contributed by atoms with van der Waals surface area (Å²) < 4.78 is 1.25. The van der Waals surface area contributed by atoms with Gasteiger partial charge in [0.2, 0.25) is 11.8 Å². The van der Waals surface area contributed by atoms with E-state index in [9.17, 15) is 14.4 Å². The van der Waals surface area contributed by atoms with Crippen molar-refractivity contribution in [1.82, 2.24) is 19.6 Å². The molecule has 4 rings (SSSR count). The van der Waals surface area contributed by atoms with Gasteiger partial charge in [-0.3, -0.25) is 14.4 Å². The number of rotatable bonds is 6. The third-order valence-corrected chi connectivity index (χ3v) is 6.02. The van der Waals surface area contributed by atoms with Gasteiger partial charge in [-0.1, -0.05) is 48.5 Å². The fourth-order valence-corrected chi connectivity index (χ4v) is 4.19. The van der Waals surface area contributed by atoms with Gasteiger partial charge >= 0.3 is 0 Å². The zero-order valence-electron chi connectivity index (χ0n) is 18.4. The lowest BCUT2D eigenvalue weighted by atomic mass is 10.1. The Kier molecular flexibility index (Phi) is 6.63. The number of aryl methyl sites for hydroxylation is 2. The van der Waals surface area contributed by atoms with Gasteiger partial charge in [-0.05, 0) is 31.4 Å². The first-order chi connectivity index (χ1) is 15.5. The minimum atomic E-state index is -0.258. The first-order valence-electron chi connectivity index (χ1n) is 11.1. The van der Waals surface area contributed by atoms with Crippen molar-refractivity contribution in [3.8, 4) is 0 Å². The second-order valence-electron chi connectivity index (χ2n) is 8.19. The lowest BCUT2D eigenvalue weighted by molar-refractivity contribution is -0.140. The van der Waals surface area contributed by atoms with Crippen LogP contribution in [0.25, 0.3) is 10.8 Å². The van der Waals surface area contributed by atoms with Gasteiger partial charge in [0.25, 0.3) is 5.56 Å². The van der Waals surface area contributed by atoms with Gasteiger partial charge in [0.1, 0.15) is 6.54 Å². The number of carbonyl (C=O) groups excluding carboxylic acids is 2. The second kappa shape index (κ2) is 9.77. The van der Waals surface area contributed by atoms with Crippen molar-refractivity contribution < 1.29 is 9.59 Å². The molecule has 1 aromatic heterocycles. The van der Waals surface area contributed by atoms with Crippen LogP contribution in [0.5, 0.6) is 0 Å². The number of hydrogen-bond acceptors (Lipinski definition) is 4. The summed E-state index contributed by atoms with van der Waals surface area (Å²) in [6.45, 7) is 3.75. The van der Waals surface area contributed by atoms with Gasteiger partial charge in [-0.25, -0.2) is 4.68 Å². The van der Waals surface area contributed by atoms with Crippen LogP contribution in [0.15, 0.2) is 59.4 Å². The molecule has 2 aromatic carbocycles. The standard InChI is InChI=1S/C25H28N4O3/c1-19-21-11-5-6-12-22(21)25(32)29(26-19)18-24(31)28-16-14-27(15-17-28)23(30)13-7-10-20-8-3-2-4-9-20/h2-6,8-9,11-12H,7,10,13-18H2,1H3. The summed E-state index contributed by atoms with van der Waals surface area (Å²) in [6, 6.07) is 17.5.